The van der Waals surface area contributed by atoms with Crippen molar-refractivity contribution in [3.63, 3.8) is 0 Å². The van der Waals surface area contributed by atoms with Crippen molar-refractivity contribution in [1.29, 1.82) is 0 Å². The molecule has 0 aliphatic heterocycles. The minimum atomic E-state index is -0.384. The number of aliphatic hydroxyl groups is 1. The Kier molecular flexibility index (Phi) is 5.33. The van der Waals surface area contributed by atoms with Gasteiger partial charge in [0.25, 0.3) is 5.91 Å². The van der Waals surface area contributed by atoms with E-state index in [2.05, 4.69) is 10.4 Å². The van der Waals surface area contributed by atoms with Crippen molar-refractivity contribution in [3.05, 3.63) is 47.8 Å². The first-order valence-corrected chi connectivity index (χ1v) is 7.55. The predicted molar refractivity (Wildman–Crippen MR) is 86.1 cm³/mol. The quantitative estimate of drug-likeness (QED) is 0.860. The minimum absolute atomic E-state index is 0.126. The second-order valence-corrected chi connectivity index (χ2v) is 5.87. The summed E-state index contributed by atoms with van der Waals surface area (Å²) >= 11 is 0. The van der Waals surface area contributed by atoms with Crippen LogP contribution in [0, 0.1) is 12.8 Å². The average molecular weight is 301 g/mol. The second-order valence-electron chi connectivity index (χ2n) is 5.87. The summed E-state index contributed by atoms with van der Waals surface area (Å²) in [5, 5.41) is 16.8. The molecule has 2 N–H and O–H groups in total. The van der Waals surface area contributed by atoms with E-state index < -0.39 is 0 Å². The Morgan fingerprint density at radius 3 is 2.55 bits per heavy atom. The highest BCUT2D eigenvalue weighted by Gasteiger charge is 2.10. The molecule has 0 saturated carbocycles. The van der Waals surface area contributed by atoms with Crippen molar-refractivity contribution in [3.8, 4) is 5.69 Å². The van der Waals surface area contributed by atoms with Crippen molar-refractivity contribution >= 4 is 5.91 Å². The summed E-state index contributed by atoms with van der Waals surface area (Å²) in [5.74, 6) is 0.0767. The standard InChI is InChI=1S/C17H23N3O2/c1-12(2)16(21)8-9-18-17(22)14-4-6-15(7-5-14)20-11-13(3)10-19-20/h4-7,10-12,16,21H,8-9H2,1-3H3,(H,18,22). The molecule has 2 aromatic rings. The number of hydrogen-bond acceptors (Lipinski definition) is 3. The number of aromatic nitrogens is 2. The van der Waals surface area contributed by atoms with Crippen LogP contribution in [0.2, 0.25) is 0 Å². The third-order valence-corrected chi connectivity index (χ3v) is 3.60. The molecule has 1 heterocycles. The van der Waals surface area contributed by atoms with Crippen LogP contribution in [0.3, 0.4) is 0 Å². The van der Waals surface area contributed by atoms with Crippen LogP contribution in [0.4, 0.5) is 0 Å². The van der Waals surface area contributed by atoms with Crippen molar-refractivity contribution < 1.29 is 9.90 Å². The van der Waals surface area contributed by atoms with Gasteiger partial charge < -0.3 is 10.4 Å². The van der Waals surface area contributed by atoms with Gasteiger partial charge in [0.05, 0.1) is 18.0 Å². The van der Waals surface area contributed by atoms with E-state index in [-0.39, 0.29) is 17.9 Å². The number of aryl methyl sites for hydroxylation is 1. The summed E-state index contributed by atoms with van der Waals surface area (Å²) in [7, 11) is 0. The average Bonchev–Trinajstić information content (AvgIpc) is 2.93. The van der Waals surface area contributed by atoms with Crippen LogP contribution in [0.15, 0.2) is 36.7 Å². The Morgan fingerprint density at radius 2 is 2.00 bits per heavy atom. The summed E-state index contributed by atoms with van der Waals surface area (Å²) in [4.78, 5) is 12.0. The van der Waals surface area contributed by atoms with E-state index in [1.165, 1.54) is 0 Å². The fourth-order valence-electron chi connectivity index (χ4n) is 2.09. The largest absolute Gasteiger partial charge is 0.393 e. The van der Waals surface area contributed by atoms with E-state index in [1.807, 2.05) is 39.1 Å². The van der Waals surface area contributed by atoms with Crippen LogP contribution in [-0.2, 0) is 0 Å². The zero-order valence-electron chi connectivity index (χ0n) is 13.3. The lowest BCUT2D eigenvalue weighted by Crippen LogP contribution is -2.28. The maximum Gasteiger partial charge on any atom is 0.251 e. The van der Waals surface area contributed by atoms with Gasteiger partial charge in [0.2, 0.25) is 0 Å². The van der Waals surface area contributed by atoms with Gasteiger partial charge in [-0.05, 0) is 49.1 Å². The number of nitrogens with one attached hydrogen (secondary N) is 1. The molecule has 5 heteroatoms. The lowest BCUT2D eigenvalue weighted by Gasteiger charge is -2.14. The number of hydrogen-bond donors (Lipinski definition) is 2. The Balaban J connectivity index is 1.91. The highest BCUT2D eigenvalue weighted by atomic mass is 16.3. The smallest absolute Gasteiger partial charge is 0.251 e. The van der Waals surface area contributed by atoms with Gasteiger partial charge in [-0.25, -0.2) is 4.68 Å². The first-order valence-electron chi connectivity index (χ1n) is 7.55. The Morgan fingerprint density at radius 1 is 1.32 bits per heavy atom. The molecule has 0 bridgehead atoms. The van der Waals surface area contributed by atoms with Gasteiger partial charge >= 0.3 is 0 Å². The number of rotatable bonds is 6. The van der Waals surface area contributed by atoms with Gasteiger partial charge in [-0.1, -0.05) is 13.8 Å². The van der Waals surface area contributed by atoms with Gasteiger partial charge in [-0.15, -0.1) is 0 Å². The monoisotopic (exact) mass is 301 g/mol. The molecule has 1 unspecified atom stereocenters. The molecule has 2 rings (SSSR count). The molecule has 22 heavy (non-hydrogen) atoms. The molecular weight excluding hydrogens is 278 g/mol. The van der Waals surface area contributed by atoms with Gasteiger partial charge in [0.1, 0.15) is 0 Å². The number of carbonyl (C=O) groups excluding carboxylic acids is 1. The van der Waals surface area contributed by atoms with Gasteiger partial charge in [0, 0.05) is 18.3 Å². The van der Waals surface area contributed by atoms with Crippen LogP contribution in [-0.4, -0.2) is 33.4 Å². The summed E-state index contributed by atoms with van der Waals surface area (Å²) in [5.41, 5.74) is 2.61. The molecule has 118 valence electrons. The molecule has 0 spiro atoms. The topological polar surface area (TPSA) is 67.2 Å². The highest BCUT2D eigenvalue weighted by Crippen LogP contribution is 2.10. The zero-order chi connectivity index (χ0) is 16.1. The summed E-state index contributed by atoms with van der Waals surface area (Å²) in [6.45, 7) is 6.37. The van der Waals surface area contributed by atoms with Gasteiger partial charge in [0.15, 0.2) is 0 Å². The molecule has 0 saturated heterocycles. The molecule has 0 aliphatic rings. The Hall–Kier alpha value is -2.14. The maximum atomic E-state index is 12.0. The minimum Gasteiger partial charge on any atom is -0.393 e. The Bertz CT molecular complexity index is 617. The number of nitrogens with zero attached hydrogens (tertiary/aromatic N) is 2. The summed E-state index contributed by atoms with van der Waals surface area (Å²) in [6.07, 6.45) is 3.91. The van der Waals surface area contributed by atoms with Crippen molar-refractivity contribution in [1.82, 2.24) is 15.1 Å². The molecule has 1 amide bonds. The van der Waals surface area contributed by atoms with Crippen LogP contribution in [0.25, 0.3) is 5.69 Å². The molecule has 1 aromatic heterocycles. The van der Waals surface area contributed by atoms with Crippen LogP contribution in [0.5, 0.6) is 0 Å². The lowest BCUT2D eigenvalue weighted by atomic mass is 10.0. The summed E-state index contributed by atoms with van der Waals surface area (Å²) < 4.78 is 1.77. The summed E-state index contributed by atoms with van der Waals surface area (Å²) in [6, 6.07) is 7.29. The predicted octanol–water partition coefficient (Wildman–Crippen LogP) is 2.32. The maximum absolute atomic E-state index is 12.0. The highest BCUT2D eigenvalue weighted by molar-refractivity contribution is 5.94. The molecule has 5 nitrogen and oxygen atoms in total. The lowest BCUT2D eigenvalue weighted by molar-refractivity contribution is 0.0920. The van der Waals surface area contributed by atoms with Gasteiger partial charge in [-0.2, -0.15) is 5.10 Å². The number of aliphatic hydroxyl groups excluding tert-OH is 1. The van der Waals surface area contributed by atoms with E-state index in [0.717, 1.165) is 11.3 Å². The molecule has 0 radical (unpaired) electrons. The third-order valence-electron chi connectivity index (χ3n) is 3.60. The van der Waals surface area contributed by atoms with E-state index in [0.29, 0.717) is 18.5 Å². The van der Waals surface area contributed by atoms with Crippen molar-refractivity contribution in [2.45, 2.75) is 33.3 Å². The zero-order valence-corrected chi connectivity index (χ0v) is 13.3. The number of carbonyl (C=O) groups is 1. The molecular formula is C17H23N3O2. The third kappa shape index (κ3) is 4.18. The second kappa shape index (κ2) is 7.22. The van der Waals surface area contributed by atoms with E-state index >= 15 is 0 Å². The molecule has 1 aromatic carbocycles. The Labute approximate surface area is 131 Å². The van der Waals surface area contributed by atoms with Crippen LogP contribution < -0.4 is 5.32 Å². The van der Waals surface area contributed by atoms with E-state index in [1.54, 1.807) is 23.0 Å². The fourth-order valence-corrected chi connectivity index (χ4v) is 2.09. The van der Waals surface area contributed by atoms with Crippen LogP contribution in [0.1, 0.15) is 36.2 Å². The van der Waals surface area contributed by atoms with Crippen LogP contribution >= 0.6 is 0 Å². The van der Waals surface area contributed by atoms with E-state index in [4.69, 9.17) is 0 Å². The fraction of sp³-hybridized carbons (Fsp3) is 0.412. The first kappa shape index (κ1) is 16.2. The van der Waals surface area contributed by atoms with E-state index in [9.17, 15) is 9.90 Å². The number of benzene rings is 1. The van der Waals surface area contributed by atoms with Gasteiger partial charge in [-0.3, -0.25) is 4.79 Å². The normalized spacial score (nSPS) is 12.4. The van der Waals surface area contributed by atoms with Crippen molar-refractivity contribution in [2.75, 3.05) is 6.54 Å². The molecule has 0 fully saturated rings. The first-order chi connectivity index (χ1) is 10.5. The SMILES string of the molecule is Cc1cnn(-c2ccc(C(=O)NCCC(O)C(C)C)cc2)c1. The van der Waals surface area contributed by atoms with Crippen molar-refractivity contribution in [2.24, 2.45) is 5.92 Å². The number of amides is 1. The molecule has 0 aliphatic carbocycles. The molecule has 1 atom stereocenters.